The highest BCUT2D eigenvalue weighted by molar-refractivity contribution is 8.15. The van der Waals surface area contributed by atoms with Crippen molar-refractivity contribution in [2.75, 3.05) is 18.5 Å². The fraction of sp³-hybridized carbons (Fsp3) is 0.500. The second-order valence-electron chi connectivity index (χ2n) is 3.66. The van der Waals surface area contributed by atoms with Crippen molar-refractivity contribution in [2.24, 2.45) is 4.99 Å². The van der Waals surface area contributed by atoms with Gasteiger partial charge in [-0.3, -0.25) is 5.32 Å². The third-order valence-electron chi connectivity index (χ3n) is 2.29. The summed E-state index contributed by atoms with van der Waals surface area (Å²) in [6, 6.07) is 0.477. The second-order valence-corrected chi connectivity index (χ2v) is 4.09. The number of nitrogens with one attached hydrogen (secondary N) is 1. The summed E-state index contributed by atoms with van der Waals surface area (Å²) in [5.41, 5.74) is 0.789. The smallest absolute Gasteiger partial charge is 0.290 e. The topological polar surface area (TPSA) is 68.6 Å². The van der Waals surface area contributed by atoms with Crippen LogP contribution in [0.25, 0.3) is 0 Å². The zero-order valence-electron chi connectivity index (χ0n) is 11.0. The van der Waals surface area contributed by atoms with Crippen LogP contribution in [0, 0.1) is 6.92 Å². The van der Waals surface area contributed by atoms with Crippen LogP contribution in [0.5, 0.6) is 0 Å². The van der Waals surface area contributed by atoms with Crippen LogP contribution in [0.2, 0.25) is 0 Å². The Bertz CT molecular complexity index is 463. The molecule has 0 aliphatic carbocycles. The maximum Gasteiger partial charge on any atom is 0.290 e. The number of anilines is 1. The van der Waals surface area contributed by atoms with Gasteiger partial charge < -0.3 is 8.92 Å². The van der Waals surface area contributed by atoms with Gasteiger partial charge in [-0.25, -0.2) is 15.0 Å². The summed E-state index contributed by atoms with van der Waals surface area (Å²) in [4.78, 5) is 12.7. The summed E-state index contributed by atoms with van der Waals surface area (Å²) in [5, 5.41) is 3.05. The van der Waals surface area contributed by atoms with Gasteiger partial charge in [0, 0.05) is 24.7 Å². The van der Waals surface area contributed by atoms with E-state index in [1.165, 1.54) is 0 Å². The number of ether oxygens (including phenoxy) is 1. The van der Waals surface area contributed by atoms with Crippen LogP contribution in [0.15, 0.2) is 11.2 Å². The molecule has 0 unspecified atom stereocenters. The monoisotopic (exact) mass is 267 g/mol. The molecule has 0 saturated heterocycles. The molecule has 0 spiro atoms. The van der Waals surface area contributed by atoms with E-state index in [4.69, 9.17) is 10.3 Å². The first-order chi connectivity index (χ1) is 9.29. The maximum absolute atomic E-state index is 6.89. The van der Waals surface area contributed by atoms with Gasteiger partial charge in [-0.05, 0) is 8.26 Å². The van der Waals surface area contributed by atoms with Gasteiger partial charge in [-0.1, -0.05) is 11.9 Å². The standard InChI is InChI=1S/C10H14BN4O2S/c1-7-13-5-8(6-17-18-11)9(14-7)15-10-12-3-2-4-16-10/h5,11H,2-4,6H2,1H3,(H,12,13,14,15)/i11T. The first-order valence-electron chi connectivity index (χ1n) is 6.12. The van der Waals surface area contributed by atoms with Gasteiger partial charge in [0.15, 0.2) is 0 Å². The Hall–Kier alpha value is -1.28. The number of aryl methyl sites for hydroxylation is 1. The van der Waals surface area contributed by atoms with Gasteiger partial charge >= 0.3 is 0 Å². The number of rotatable bonds is 5. The highest BCUT2D eigenvalue weighted by Gasteiger charge is 2.11. The molecule has 8 heteroatoms. The Morgan fingerprint density at radius 2 is 2.67 bits per heavy atom. The van der Waals surface area contributed by atoms with Crippen molar-refractivity contribution in [1.29, 1.82) is 1.34 Å². The average molecular weight is 267 g/mol. The highest BCUT2D eigenvalue weighted by Crippen LogP contribution is 2.15. The molecule has 0 aromatic carbocycles. The number of nitrogens with zero attached hydrogens (tertiary/aromatic N) is 3. The molecule has 0 bridgehead atoms. The van der Waals surface area contributed by atoms with Crippen LogP contribution >= 0.6 is 11.9 Å². The van der Waals surface area contributed by atoms with Gasteiger partial charge in [0.1, 0.15) is 11.6 Å². The lowest BCUT2D eigenvalue weighted by Crippen LogP contribution is -2.23. The number of amidine groups is 1. The van der Waals surface area contributed by atoms with Crippen molar-refractivity contribution in [3.8, 4) is 0 Å². The van der Waals surface area contributed by atoms with Crippen LogP contribution in [-0.4, -0.2) is 37.6 Å². The highest BCUT2D eigenvalue weighted by atomic mass is 32.2. The summed E-state index contributed by atoms with van der Waals surface area (Å²) in [7, 11) is 1.12. The van der Waals surface area contributed by atoms with E-state index in [2.05, 4.69) is 20.3 Å². The second kappa shape index (κ2) is 6.60. The number of aliphatic imine (C=N–C) groups is 1. The fourth-order valence-corrected chi connectivity index (χ4v) is 1.64. The largest absolute Gasteiger partial charge is 0.465 e. The van der Waals surface area contributed by atoms with Crippen molar-refractivity contribution < 1.29 is 8.92 Å². The zero-order chi connectivity index (χ0) is 13.5. The zero-order valence-corrected chi connectivity index (χ0v) is 10.9. The fourth-order valence-electron chi connectivity index (χ4n) is 1.44. The van der Waals surface area contributed by atoms with Crippen LogP contribution in [0.3, 0.4) is 0 Å². The number of hydrogen-bond acceptors (Lipinski definition) is 7. The Morgan fingerprint density at radius 3 is 3.44 bits per heavy atom. The number of hydrogen-bond donors (Lipinski definition) is 1. The van der Waals surface area contributed by atoms with E-state index in [0.717, 1.165) is 37.5 Å². The molecule has 2 heterocycles. The molecule has 0 saturated carbocycles. The first kappa shape index (κ1) is 11.8. The van der Waals surface area contributed by atoms with E-state index in [9.17, 15) is 0 Å². The minimum absolute atomic E-state index is 0.302. The molecule has 1 aliphatic heterocycles. The molecule has 95 valence electrons. The molecule has 2 rings (SSSR count). The van der Waals surface area contributed by atoms with Crippen molar-refractivity contribution in [2.45, 2.75) is 20.0 Å². The Balaban J connectivity index is 2.07. The molecule has 1 radical (unpaired) electrons. The van der Waals surface area contributed by atoms with Crippen LogP contribution in [0.1, 0.15) is 17.8 Å². The summed E-state index contributed by atoms with van der Waals surface area (Å²) < 4.78 is 17.5. The molecule has 0 amide bonds. The minimum atomic E-state index is 0.302. The van der Waals surface area contributed by atoms with Gasteiger partial charge in [0.05, 0.1) is 13.2 Å². The van der Waals surface area contributed by atoms with E-state index in [1.54, 1.807) is 6.20 Å². The molecule has 0 fully saturated rings. The molecule has 1 aromatic rings. The molecule has 1 N–H and O–H groups in total. The quantitative estimate of drug-likeness (QED) is 0.486. The van der Waals surface area contributed by atoms with Gasteiger partial charge in [0.2, 0.25) is 7.09 Å². The third-order valence-corrected chi connectivity index (χ3v) is 2.54. The first-order valence-corrected chi connectivity index (χ1v) is 6.35. The van der Waals surface area contributed by atoms with Crippen LogP contribution < -0.4 is 5.32 Å². The van der Waals surface area contributed by atoms with E-state index in [1.807, 2.05) is 6.92 Å². The van der Waals surface area contributed by atoms with Crippen molar-refractivity contribution >= 4 is 30.8 Å². The lowest BCUT2D eigenvalue weighted by Gasteiger charge is -2.16. The summed E-state index contributed by atoms with van der Waals surface area (Å²) >= 11 is 0.959. The van der Waals surface area contributed by atoms with Crippen molar-refractivity contribution in [3.63, 3.8) is 0 Å². The van der Waals surface area contributed by atoms with Gasteiger partial charge in [-0.2, -0.15) is 0 Å². The Kier molecular flexibility index (Phi) is 4.33. The summed E-state index contributed by atoms with van der Waals surface area (Å²) in [6.07, 6.45) is 2.62. The predicted molar refractivity (Wildman–Crippen MR) is 72.8 cm³/mol. The number of aromatic nitrogens is 2. The van der Waals surface area contributed by atoms with Crippen molar-refractivity contribution in [1.82, 2.24) is 9.97 Å². The molecular formula is C10H14BN4O2S. The Labute approximate surface area is 112 Å². The van der Waals surface area contributed by atoms with E-state index >= 15 is 0 Å². The lowest BCUT2D eigenvalue weighted by atomic mass is 10.3. The SMILES string of the molecule is [3H][B]SOCc1cnc(C)nc1NC1=NCCCO1. The van der Waals surface area contributed by atoms with Crippen LogP contribution in [-0.2, 0) is 15.5 Å². The molecule has 0 atom stereocenters. The van der Waals surface area contributed by atoms with Crippen molar-refractivity contribution in [3.05, 3.63) is 17.6 Å². The molecule has 1 aromatic heterocycles. The van der Waals surface area contributed by atoms with E-state index in [-0.39, 0.29) is 0 Å². The van der Waals surface area contributed by atoms with Gasteiger partial charge in [0.25, 0.3) is 6.02 Å². The van der Waals surface area contributed by atoms with Crippen LogP contribution in [0.4, 0.5) is 5.82 Å². The summed E-state index contributed by atoms with van der Waals surface area (Å²) in [6.45, 7) is 3.52. The molecule has 18 heavy (non-hydrogen) atoms. The molecular weight excluding hydrogens is 251 g/mol. The molecule has 6 nitrogen and oxygen atoms in total. The average Bonchev–Trinajstić information content (AvgIpc) is 2.43. The lowest BCUT2D eigenvalue weighted by molar-refractivity contribution is 0.281. The minimum Gasteiger partial charge on any atom is -0.465 e. The predicted octanol–water partition coefficient (Wildman–Crippen LogP) is 0.954. The maximum atomic E-state index is 6.89. The Morgan fingerprint density at radius 1 is 1.72 bits per heavy atom. The molecule has 1 aliphatic rings. The summed E-state index contributed by atoms with van der Waals surface area (Å²) in [5.74, 6) is 1.28. The van der Waals surface area contributed by atoms with Gasteiger partial charge in [-0.15, -0.1) is 0 Å². The van der Waals surface area contributed by atoms with E-state index in [0.29, 0.717) is 30.9 Å². The third kappa shape index (κ3) is 3.61. The normalized spacial score (nSPS) is 15.4. The van der Waals surface area contributed by atoms with E-state index < -0.39 is 0 Å².